The summed E-state index contributed by atoms with van der Waals surface area (Å²) < 4.78 is 8.60. The van der Waals surface area contributed by atoms with E-state index >= 15 is 0 Å². The zero-order valence-corrected chi connectivity index (χ0v) is 4.96. The van der Waals surface area contributed by atoms with E-state index in [1.54, 1.807) is 0 Å². The predicted molar refractivity (Wildman–Crippen MR) is 28.2 cm³/mol. The Balaban J connectivity index is 2.72. The topological polar surface area (TPSA) is 52.3 Å². The van der Waals surface area contributed by atoms with E-state index in [0.717, 1.165) is 0 Å². The normalized spacial score (nSPS) is 9.00. The summed E-state index contributed by atoms with van der Waals surface area (Å²) in [6.45, 7) is 0.233. The molecule has 1 heterocycles. The second-order valence-corrected chi connectivity index (χ2v) is 1.57. The van der Waals surface area contributed by atoms with E-state index in [9.17, 15) is 4.79 Å². The second-order valence-electron chi connectivity index (χ2n) is 1.18. The van der Waals surface area contributed by atoms with Crippen LogP contribution in [0.3, 0.4) is 0 Å². The number of aromatic nitrogens is 1. The van der Waals surface area contributed by atoms with Crippen LogP contribution >= 0.6 is 11.6 Å². The highest BCUT2D eigenvalue weighted by atomic mass is 35.5. The van der Waals surface area contributed by atoms with Crippen molar-refractivity contribution in [3.05, 3.63) is 11.2 Å². The number of carbonyl (C=O) groups excluding carboxylic acids is 1. The van der Waals surface area contributed by atoms with Crippen LogP contribution in [0.1, 0.15) is 0 Å². The summed E-state index contributed by atoms with van der Waals surface area (Å²) in [5.41, 5.74) is 0. The predicted octanol–water partition coefficient (Wildman–Crippen LogP) is 0.863. The molecule has 0 aromatic carbocycles. The van der Waals surface area contributed by atoms with Crippen LogP contribution in [-0.4, -0.2) is 11.6 Å². The molecule has 0 saturated carbocycles. The van der Waals surface area contributed by atoms with Crippen molar-refractivity contribution in [2.45, 2.75) is 0 Å². The standard InChI is InChI=1S/C4H2ClNO3/c5-3-1-4(8-2-7)9-6-3/h1-2H. The third-order valence-corrected chi connectivity index (χ3v) is 0.802. The molecular formula is C4H2ClNO3. The lowest BCUT2D eigenvalue weighted by molar-refractivity contribution is -0.121. The van der Waals surface area contributed by atoms with Gasteiger partial charge in [0.25, 0.3) is 0 Å². The largest absolute Gasteiger partial charge is 0.393 e. The Bertz CT molecular complexity index is 209. The van der Waals surface area contributed by atoms with Crippen LogP contribution in [0.15, 0.2) is 10.6 Å². The van der Waals surface area contributed by atoms with Crippen molar-refractivity contribution in [3.8, 4) is 5.95 Å². The van der Waals surface area contributed by atoms with E-state index in [0.29, 0.717) is 0 Å². The SMILES string of the molecule is O=COc1cc(Cl)no1. The van der Waals surface area contributed by atoms with Gasteiger partial charge in [0.05, 0.1) is 6.07 Å². The Kier molecular flexibility index (Phi) is 1.69. The van der Waals surface area contributed by atoms with Crippen LogP contribution in [0.5, 0.6) is 5.95 Å². The lowest BCUT2D eigenvalue weighted by atomic mass is 10.7. The van der Waals surface area contributed by atoms with E-state index in [2.05, 4.69) is 14.4 Å². The van der Waals surface area contributed by atoms with Crippen molar-refractivity contribution < 1.29 is 14.1 Å². The first-order chi connectivity index (χ1) is 4.33. The molecule has 0 saturated heterocycles. The highest BCUT2D eigenvalue weighted by Crippen LogP contribution is 2.14. The molecule has 0 unspecified atom stereocenters. The maximum atomic E-state index is 9.63. The van der Waals surface area contributed by atoms with Crippen molar-refractivity contribution in [3.63, 3.8) is 0 Å². The van der Waals surface area contributed by atoms with Crippen molar-refractivity contribution in [2.24, 2.45) is 0 Å². The van der Waals surface area contributed by atoms with Crippen LogP contribution in [0.25, 0.3) is 0 Å². The van der Waals surface area contributed by atoms with Gasteiger partial charge in [-0.15, -0.1) is 0 Å². The molecule has 0 bridgehead atoms. The number of ether oxygens (including phenoxy) is 1. The number of rotatable bonds is 2. The van der Waals surface area contributed by atoms with Gasteiger partial charge in [0.1, 0.15) is 0 Å². The average Bonchev–Trinajstić information content (AvgIpc) is 2.17. The lowest BCUT2D eigenvalue weighted by Crippen LogP contribution is -1.84. The van der Waals surface area contributed by atoms with Gasteiger partial charge < -0.3 is 9.26 Å². The van der Waals surface area contributed by atoms with Gasteiger partial charge >= 0.3 is 12.4 Å². The molecule has 5 heteroatoms. The molecule has 1 rings (SSSR count). The molecule has 0 radical (unpaired) electrons. The van der Waals surface area contributed by atoms with Gasteiger partial charge in [-0.25, -0.2) is 0 Å². The molecule has 4 nitrogen and oxygen atoms in total. The molecule has 0 amide bonds. The first-order valence-corrected chi connectivity index (χ1v) is 2.43. The molecule has 0 aliphatic rings. The quantitative estimate of drug-likeness (QED) is 0.583. The molecular weight excluding hydrogens is 146 g/mol. The summed E-state index contributed by atoms with van der Waals surface area (Å²) in [6.07, 6.45) is 0. The minimum Gasteiger partial charge on any atom is -0.393 e. The van der Waals surface area contributed by atoms with Gasteiger partial charge in [-0.1, -0.05) is 16.8 Å². The number of halogens is 1. The van der Waals surface area contributed by atoms with Crippen molar-refractivity contribution in [1.29, 1.82) is 0 Å². The molecule has 9 heavy (non-hydrogen) atoms. The Morgan fingerprint density at radius 3 is 3.11 bits per heavy atom. The Morgan fingerprint density at radius 2 is 2.67 bits per heavy atom. The van der Waals surface area contributed by atoms with E-state index in [1.807, 2.05) is 0 Å². The monoisotopic (exact) mass is 147 g/mol. The van der Waals surface area contributed by atoms with Gasteiger partial charge in [-0.2, -0.15) is 0 Å². The minimum atomic E-state index is -0.00463. The molecule has 0 atom stereocenters. The summed E-state index contributed by atoms with van der Waals surface area (Å²) in [6, 6.07) is 1.29. The summed E-state index contributed by atoms with van der Waals surface area (Å²) in [4.78, 5) is 9.63. The van der Waals surface area contributed by atoms with E-state index in [1.165, 1.54) is 6.07 Å². The van der Waals surface area contributed by atoms with Crippen LogP contribution in [0.4, 0.5) is 0 Å². The van der Waals surface area contributed by atoms with E-state index < -0.39 is 0 Å². The lowest BCUT2D eigenvalue weighted by Gasteiger charge is -1.81. The summed E-state index contributed by atoms with van der Waals surface area (Å²) in [5, 5.41) is 3.40. The van der Waals surface area contributed by atoms with E-state index in [4.69, 9.17) is 11.6 Å². The van der Waals surface area contributed by atoms with Crippen molar-refractivity contribution >= 4 is 18.1 Å². The Hall–Kier alpha value is -1.03. The van der Waals surface area contributed by atoms with Crippen LogP contribution in [0, 0.1) is 0 Å². The fourth-order valence-corrected chi connectivity index (χ4v) is 0.465. The molecule has 1 aromatic rings. The molecule has 1 aromatic heterocycles. The average molecular weight is 148 g/mol. The number of hydrogen-bond acceptors (Lipinski definition) is 4. The smallest absolute Gasteiger partial charge is 0.320 e. The number of hydrogen-bond donors (Lipinski definition) is 0. The van der Waals surface area contributed by atoms with Gasteiger partial charge in [-0.05, 0) is 0 Å². The van der Waals surface area contributed by atoms with Gasteiger partial charge in [0.2, 0.25) is 0 Å². The third-order valence-electron chi connectivity index (χ3n) is 0.624. The minimum absolute atomic E-state index is 0.00463. The first-order valence-electron chi connectivity index (χ1n) is 2.05. The van der Waals surface area contributed by atoms with Gasteiger partial charge in [0, 0.05) is 0 Å². The van der Waals surface area contributed by atoms with Gasteiger partial charge in [0.15, 0.2) is 5.15 Å². The maximum absolute atomic E-state index is 9.63. The number of nitrogens with zero attached hydrogens (tertiary/aromatic N) is 1. The Morgan fingerprint density at radius 1 is 1.89 bits per heavy atom. The fourth-order valence-electron chi connectivity index (χ4n) is 0.341. The van der Waals surface area contributed by atoms with Crippen LogP contribution in [0.2, 0.25) is 5.15 Å². The summed E-state index contributed by atoms with van der Waals surface area (Å²) in [5.74, 6) is -0.00463. The molecule has 0 fully saturated rings. The van der Waals surface area contributed by atoms with E-state index in [-0.39, 0.29) is 17.6 Å². The zero-order chi connectivity index (χ0) is 6.69. The maximum Gasteiger partial charge on any atom is 0.320 e. The van der Waals surface area contributed by atoms with Crippen LogP contribution < -0.4 is 4.74 Å². The molecule has 0 aliphatic carbocycles. The highest BCUT2D eigenvalue weighted by Gasteiger charge is 1.99. The third kappa shape index (κ3) is 1.43. The number of carbonyl (C=O) groups is 1. The van der Waals surface area contributed by atoms with Crippen molar-refractivity contribution in [2.75, 3.05) is 0 Å². The molecule has 0 spiro atoms. The van der Waals surface area contributed by atoms with Gasteiger partial charge in [-0.3, -0.25) is 4.79 Å². The molecule has 48 valence electrons. The van der Waals surface area contributed by atoms with Crippen LogP contribution in [-0.2, 0) is 4.79 Å². The summed E-state index contributed by atoms with van der Waals surface area (Å²) >= 11 is 5.30. The first kappa shape index (κ1) is 6.10. The summed E-state index contributed by atoms with van der Waals surface area (Å²) in [7, 11) is 0. The fraction of sp³-hybridized carbons (Fsp3) is 0. The second kappa shape index (κ2) is 2.50. The Labute approximate surface area is 55.3 Å². The zero-order valence-electron chi connectivity index (χ0n) is 4.20. The van der Waals surface area contributed by atoms with Crippen molar-refractivity contribution in [1.82, 2.24) is 5.16 Å². The molecule has 0 N–H and O–H groups in total. The highest BCUT2D eigenvalue weighted by molar-refractivity contribution is 6.29. The molecule has 0 aliphatic heterocycles.